The summed E-state index contributed by atoms with van der Waals surface area (Å²) in [5.41, 5.74) is 5.62. The van der Waals surface area contributed by atoms with Crippen molar-refractivity contribution in [3.8, 4) is 11.1 Å². The Hall–Kier alpha value is -3.33. The van der Waals surface area contributed by atoms with Crippen LogP contribution in [0.5, 0.6) is 0 Å². The number of anilines is 1. The molecule has 0 aromatic heterocycles. The molecule has 2 heterocycles. The number of benzene rings is 3. The van der Waals surface area contributed by atoms with Crippen molar-refractivity contribution in [2.24, 2.45) is 0 Å². The predicted octanol–water partition coefficient (Wildman–Crippen LogP) is 6.69. The van der Waals surface area contributed by atoms with Crippen molar-refractivity contribution in [1.82, 2.24) is 9.80 Å². The summed E-state index contributed by atoms with van der Waals surface area (Å²) in [6.45, 7) is 4.04. The van der Waals surface area contributed by atoms with E-state index in [1.165, 1.54) is 17.0 Å². The molecule has 42 heavy (non-hydrogen) atoms. The molecule has 0 bridgehead atoms. The highest BCUT2D eigenvalue weighted by Crippen LogP contribution is 2.47. The number of halogens is 5. The topological polar surface area (TPSA) is 43.9 Å². The molecule has 0 saturated carbocycles. The number of alkyl halides is 3. The van der Waals surface area contributed by atoms with Gasteiger partial charge in [0.2, 0.25) is 5.91 Å². The van der Waals surface area contributed by atoms with Crippen LogP contribution in [-0.4, -0.2) is 60.9 Å². The summed E-state index contributed by atoms with van der Waals surface area (Å²) in [7, 11) is 0. The lowest BCUT2D eigenvalue weighted by Crippen LogP contribution is -2.46. The number of amides is 2. The average Bonchev–Trinajstić information content (AvgIpc) is 3.44. The number of likely N-dealkylation sites (tertiary alicyclic amines) is 1. The van der Waals surface area contributed by atoms with Gasteiger partial charge in [-0.15, -0.1) is 24.8 Å². The highest BCUT2D eigenvalue weighted by atomic mass is 35.5. The second kappa shape index (κ2) is 12.9. The Morgan fingerprint density at radius 3 is 1.86 bits per heavy atom. The van der Waals surface area contributed by atoms with Gasteiger partial charge in [-0.1, -0.05) is 54.6 Å². The molecule has 2 fully saturated rings. The molecule has 10 heteroatoms. The molecule has 0 spiro atoms. The van der Waals surface area contributed by atoms with E-state index in [4.69, 9.17) is 0 Å². The first kappa shape index (κ1) is 31.6. The van der Waals surface area contributed by atoms with Crippen LogP contribution < -0.4 is 4.90 Å². The van der Waals surface area contributed by atoms with Gasteiger partial charge in [-0.3, -0.25) is 19.4 Å². The van der Waals surface area contributed by atoms with Crippen molar-refractivity contribution in [2.75, 3.05) is 44.2 Å². The molecule has 222 valence electrons. The van der Waals surface area contributed by atoms with Gasteiger partial charge in [-0.2, -0.15) is 13.2 Å². The molecule has 0 unspecified atom stereocenters. The van der Waals surface area contributed by atoms with Crippen molar-refractivity contribution < 1.29 is 22.8 Å². The fourth-order valence-electron chi connectivity index (χ4n) is 6.08. The molecule has 6 rings (SSSR count). The number of imide groups is 1. The Balaban J connectivity index is 0.00000202. The third-order valence-electron chi connectivity index (χ3n) is 8.13. The maximum absolute atomic E-state index is 13.4. The van der Waals surface area contributed by atoms with Crippen LogP contribution in [0.25, 0.3) is 16.7 Å². The third-order valence-corrected chi connectivity index (χ3v) is 8.13. The number of fused-ring (bicyclic) bond motifs is 3. The quantitative estimate of drug-likeness (QED) is 0.137. The summed E-state index contributed by atoms with van der Waals surface area (Å²) < 4.78 is 39.2. The summed E-state index contributed by atoms with van der Waals surface area (Å²) >= 11 is 0. The highest BCUT2D eigenvalue weighted by molar-refractivity contribution is 6.21. The standard InChI is InChI=1S/C32H30F3N3O2.2ClH/c33-32(34,35)22-8-7-9-23(20-22)37-18-16-36(17-19-37)14-5-6-15-38-29(39)21-28(31(38)40)30-26-12-3-1-10-24(26)25-11-2-4-13-27(25)30;;/h1-4,7-13,20H,5-6,14-19,21H2;2*1H. The highest BCUT2D eigenvalue weighted by Gasteiger charge is 2.38. The molecule has 1 aliphatic carbocycles. The molecule has 0 radical (unpaired) electrons. The van der Waals surface area contributed by atoms with Crippen molar-refractivity contribution >= 4 is 47.9 Å². The lowest BCUT2D eigenvalue weighted by atomic mass is 9.97. The molecular formula is C32H32Cl2F3N3O2. The van der Waals surface area contributed by atoms with Crippen LogP contribution >= 0.6 is 24.8 Å². The van der Waals surface area contributed by atoms with Crippen LogP contribution in [0.2, 0.25) is 0 Å². The van der Waals surface area contributed by atoms with Gasteiger partial charge in [-0.25, -0.2) is 0 Å². The number of hydrogen-bond donors (Lipinski definition) is 0. The van der Waals surface area contributed by atoms with Crippen molar-refractivity contribution in [2.45, 2.75) is 25.4 Å². The van der Waals surface area contributed by atoms with Crippen molar-refractivity contribution in [3.63, 3.8) is 0 Å². The number of piperazine rings is 1. The van der Waals surface area contributed by atoms with E-state index in [0.717, 1.165) is 59.9 Å². The van der Waals surface area contributed by atoms with E-state index in [9.17, 15) is 22.8 Å². The van der Waals surface area contributed by atoms with E-state index in [-0.39, 0.29) is 43.0 Å². The number of rotatable bonds is 6. The normalized spacial score (nSPS) is 16.7. The average molecular weight is 619 g/mol. The Labute approximate surface area is 255 Å². The number of unbranched alkanes of at least 4 members (excludes halogenated alkanes) is 1. The van der Waals surface area contributed by atoms with E-state index in [2.05, 4.69) is 17.0 Å². The number of nitrogens with zero attached hydrogens (tertiary/aromatic N) is 3. The van der Waals surface area contributed by atoms with E-state index in [0.29, 0.717) is 37.3 Å². The summed E-state index contributed by atoms with van der Waals surface area (Å²) in [5.74, 6) is -0.342. The minimum atomic E-state index is -4.35. The summed E-state index contributed by atoms with van der Waals surface area (Å²) in [6.07, 6.45) is -2.69. The zero-order valence-electron chi connectivity index (χ0n) is 22.9. The molecule has 2 aliphatic heterocycles. The molecule has 3 aliphatic rings. The van der Waals surface area contributed by atoms with E-state index < -0.39 is 11.7 Å². The van der Waals surface area contributed by atoms with E-state index >= 15 is 0 Å². The lowest BCUT2D eigenvalue weighted by Gasteiger charge is -2.36. The zero-order chi connectivity index (χ0) is 27.9. The van der Waals surface area contributed by atoms with Crippen molar-refractivity contribution in [1.29, 1.82) is 0 Å². The molecule has 3 aromatic carbocycles. The Morgan fingerprint density at radius 2 is 1.26 bits per heavy atom. The molecule has 3 aromatic rings. The van der Waals surface area contributed by atoms with Gasteiger partial charge < -0.3 is 4.90 Å². The summed E-state index contributed by atoms with van der Waals surface area (Å²) in [5, 5.41) is 0. The second-order valence-corrected chi connectivity index (χ2v) is 10.6. The fraction of sp³-hybridized carbons (Fsp3) is 0.312. The van der Waals surface area contributed by atoms with Crippen LogP contribution in [0, 0.1) is 0 Å². The first-order valence-electron chi connectivity index (χ1n) is 13.7. The maximum atomic E-state index is 13.4. The third kappa shape index (κ3) is 6.07. The number of hydrogen-bond acceptors (Lipinski definition) is 4. The second-order valence-electron chi connectivity index (χ2n) is 10.6. The molecule has 2 saturated heterocycles. The molecular weight excluding hydrogens is 586 g/mol. The summed E-state index contributed by atoms with van der Waals surface area (Å²) in [4.78, 5) is 32.0. The van der Waals surface area contributed by atoms with Gasteiger partial charge in [0, 0.05) is 44.0 Å². The van der Waals surface area contributed by atoms with Gasteiger partial charge in [0.25, 0.3) is 5.91 Å². The van der Waals surface area contributed by atoms with Gasteiger partial charge in [0.15, 0.2) is 0 Å². The number of carbonyl (C=O) groups excluding carboxylic acids is 2. The van der Waals surface area contributed by atoms with Crippen LogP contribution in [0.15, 0.2) is 78.4 Å². The first-order chi connectivity index (χ1) is 19.3. The number of carbonyl (C=O) groups is 2. The van der Waals surface area contributed by atoms with Crippen LogP contribution in [0.1, 0.15) is 36.0 Å². The largest absolute Gasteiger partial charge is 0.416 e. The van der Waals surface area contributed by atoms with Crippen LogP contribution in [0.4, 0.5) is 18.9 Å². The minimum Gasteiger partial charge on any atom is -0.369 e. The molecule has 0 atom stereocenters. The Kier molecular flexibility index (Phi) is 9.70. The van der Waals surface area contributed by atoms with Crippen LogP contribution in [0.3, 0.4) is 0 Å². The maximum Gasteiger partial charge on any atom is 0.416 e. The van der Waals surface area contributed by atoms with Crippen molar-refractivity contribution in [3.05, 3.63) is 95.1 Å². The van der Waals surface area contributed by atoms with Gasteiger partial charge in [0.1, 0.15) is 0 Å². The first-order valence-corrected chi connectivity index (χ1v) is 13.7. The lowest BCUT2D eigenvalue weighted by molar-refractivity contribution is -0.138. The van der Waals surface area contributed by atoms with Gasteiger partial charge in [0.05, 0.1) is 12.0 Å². The molecule has 5 nitrogen and oxygen atoms in total. The van der Waals surface area contributed by atoms with E-state index in [1.807, 2.05) is 41.3 Å². The summed E-state index contributed by atoms with van der Waals surface area (Å²) in [6, 6.07) is 21.5. The van der Waals surface area contributed by atoms with Crippen LogP contribution in [-0.2, 0) is 15.8 Å². The predicted molar refractivity (Wildman–Crippen MR) is 163 cm³/mol. The smallest absolute Gasteiger partial charge is 0.369 e. The monoisotopic (exact) mass is 617 g/mol. The van der Waals surface area contributed by atoms with E-state index in [1.54, 1.807) is 6.07 Å². The minimum absolute atomic E-state index is 0. The Morgan fingerprint density at radius 1 is 0.690 bits per heavy atom. The SMILES string of the molecule is Cl.Cl.O=C1CC(=C2c3ccccc3-c3ccccc32)C(=O)N1CCCCN1CCN(c2cccc(C(F)(F)F)c2)CC1. The molecule has 0 N–H and O–H groups in total. The zero-order valence-corrected chi connectivity index (χ0v) is 24.5. The van der Waals surface area contributed by atoms with Gasteiger partial charge in [-0.05, 0) is 65.4 Å². The Bertz CT molecular complexity index is 1450. The van der Waals surface area contributed by atoms with Gasteiger partial charge >= 0.3 is 6.18 Å². The fourth-order valence-corrected chi connectivity index (χ4v) is 6.08. The molecule has 2 amide bonds.